The number of benzene rings is 1. The van der Waals surface area contributed by atoms with Crippen molar-refractivity contribution in [3.8, 4) is 0 Å². The number of thiazole rings is 1. The van der Waals surface area contributed by atoms with Gasteiger partial charge in [0.2, 0.25) is 0 Å². The quantitative estimate of drug-likeness (QED) is 0.900. The van der Waals surface area contributed by atoms with Crippen molar-refractivity contribution < 1.29 is 21.6 Å². The van der Waals surface area contributed by atoms with Gasteiger partial charge < -0.3 is 0 Å². The van der Waals surface area contributed by atoms with Crippen LogP contribution in [0.5, 0.6) is 0 Å². The summed E-state index contributed by atoms with van der Waals surface area (Å²) in [5, 5.41) is -0.0741. The van der Waals surface area contributed by atoms with Crippen molar-refractivity contribution in [3.63, 3.8) is 0 Å². The van der Waals surface area contributed by atoms with Crippen molar-refractivity contribution in [2.24, 2.45) is 0 Å². The number of nitrogens with one attached hydrogen (secondary N) is 1. The third kappa shape index (κ3) is 3.07. The number of halogens is 4. The molecular formula is C9H4BrF3N2O2S2. The zero-order chi connectivity index (χ0) is 14.2. The van der Waals surface area contributed by atoms with E-state index in [2.05, 4.69) is 20.9 Å². The normalized spacial score (nSPS) is 11.6. The van der Waals surface area contributed by atoms with Crippen LogP contribution in [0.15, 0.2) is 27.0 Å². The highest BCUT2D eigenvalue weighted by Gasteiger charge is 2.26. The maximum absolute atomic E-state index is 13.4. The molecule has 0 spiro atoms. The molecule has 0 aliphatic heterocycles. The lowest BCUT2D eigenvalue weighted by atomic mass is 10.3. The Morgan fingerprint density at radius 3 is 2.26 bits per heavy atom. The number of hydrogen-bond acceptors (Lipinski definition) is 4. The molecule has 0 bridgehead atoms. The second-order valence-electron chi connectivity index (χ2n) is 3.27. The lowest BCUT2D eigenvalue weighted by Crippen LogP contribution is -2.16. The van der Waals surface area contributed by atoms with Crippen LogP contribution in [0.25, 0.3) is 0 Å². The fraction of sp³-hybridized carbons (Fsp3) is 0. The van der Waals surface area contributed by atoms with Crippen LogP contribution in [0, 0.1) is 17.5 Å². The minimum Gasteiger partial charge on any atom is -0.254 e. The molecule has 0 aliphatic carbocycles. The Balaban J connectivity index is 2.45. The first kappa shape index (κ1) is 14.3. The van der Waals surface area contributed by atoms with Gasteiger partial charge in [0.05, 0.1) is 9.98 Å². The maximum atomic E-state index is 13.4. The highest BCUT2D eigenvalue weighted by molar-refractivity contribution is 9.11. The van der Waals surface area contributed by atoms with Crippen LogP contribution in [0.4, 0.5) is 18.3 Å². The summed E-state index contributed by atoms with van der Waals surface area (Å²) >= 11 is 3.98. The molecule has 2 rings (SSSR count). The predicted octanol–water partition coefficient (Wildman–Crippen LogP) is 3.12. The van der Waals surface area contributed by atoms with Crippen molar-refractivity contribution in [2.75, 3.05) is 4.72 Å². The van der Waals surface area contributed by atoms with E-state index in [1.54, 1.807) is 0 Å². The number of aromatic nitrogens is 1. The standard InChI is InChI=1S/C9H4BrF3N2O2S2/c10-7-3-14-9(18-7)15-19(16,17)8-5(12)1-4(11)2-6(8)13/h1-3H,(H,14,15). The summed E-state index contributed by atoms with van der Waals surface area (Å²) in [6.45, 7) is 0. The van der Waals surface area contributed by atoms with Gasteiger partial charge in [0.25, 0.3) is 10.0 Å². The first-order valence-corrected chi connectivity index (χ1v) is 7.67. The first-order chi connectivity index (χ1) is 8.79. The molecule has 0 saturated heterocycles. The van der Waals surface area contributed by atoms with Crippen LogP contribution in [0.1, 0.15) is 0 Å². The van der Waals surface area contributed by atoms with E-state index in [4.69, 9.17) is 0 Å². The Labute approximate surface area is 118 Å². The molecule has 2 aromatic rings. The number of anilines is 1. The summed E-state index contributed by atoms with van der Waals surface area (Å²) in [6.07, 6.45) is 1.32. The minimum atomic E-state index is -4.52. The summed E-state index contributed by atoms with van der Waals surface area (Å²) in [6, 6.07) is 0.574. The Morgan fingerprint density at radius 1 is 1.21 bits per heavy atom. The number of sulfonamides is 1. The molecule has 1 aromatic carbocycles. The Hall–Kier alpha value is -1.13. The van der Waals surface area contributed by atoms with E-state index in [-0.39, 0.29) is 17.3 Å². The van der Waals surface area contributed by atoms with Crippen molar-refractivity contribution in [2.45, 2.75) is 4.90 Å². The second kappa shape index (κ2) is 5.10. The lowest BCUT2D eigenvalue weighted by molar-refractivity contribution is 0.498. The van der Waals surface area contributed by atoms with Crippen LogP contribution < -0.4 is 4.72 Å². The van der Waals surface area contributed by atoms with Gasteiger partial charge in [-0.1, -0.05) is 11.3 Å². The van der Waals surface area contributed by atoms with E-state index in [0.29, 0.717) is 3.79 Å². The Bertz CT molecular complexity index is 710. The van der Waals surface area contributed by atoms with Crippen molar-refractivity contribution in [3.05, 3.63) is 39.6 Å². The van der Waals surface area contributed by atoms with Gasteiger partial charge in [0, 0.05) is 12.1 Å². The largest absolute Gasteiger partial charge is 0.269 e. The van der Waals surface area contributed by atoms with Crippen LogP contribution in [-0.4, -0.2) is 13.4 Å². The lowest BCUT2D eigenvalue weighted by Gasteiger charge is -2.07. The summed E-state index contributed by atoms with van der Waals surface area (Å²) in [7, 11) is -4.52. The van der Waals surface area contributed by atoms with Crippen LogP contribution in [0.2, 0.25) is 0 Å². The van der Waals surface area contributed by atoms with E-state index >= 15 is 0 Å². The Kier molecular flexibility index (Phi) is 3.83. The topological polar surface area (TPSA) is 59.1 Å². The third-order valence-corrected chi connectivity index (χ3v) is 4.84. The van der Waals surface area contributed by atoms with Crippen molar-refractivity contribution in [1.29, 1.82) is 0 Å². The molecule has 19 heavy (non-hydrogen) atoms. The molecular weight excluding hydrogens is 369 g/mol. The average molecular weight is 373 g/mol. The van der Waals surface area contributed by atoms with Gasteiger partial charge in [0.15, 0.2) is 10.0 Å². The Morgan fingerprint density at radius 2 is 1.79 bits per heavy atom. The maximum Gasteiger partial charge on any atom is 0.269 e. The molecule has 0 saturated carbocycles. The third-order valence-electron chi connectivity index (χ3n) is 1.93. The van der Waals surface area contributed by atoms with Crippen LogP contribution in [-0.2, 0) is 10.0 Å². The van der Waals surface area contributed by atoms with Gasteiger partial charge in [-0.3, -0.25) is 4.72 Å². The molecule has 0 unspecified atom stereocenters. The molecule has 0 radical (unpaired) electrons. The molecule has 1 heterocycles. The minimum absolute atomic E-state index is 0.0741. The zero-order valence-electron chi connectivity index (χ0n) is 8.82. The van der Waals surface area contributed by atoms with E-state index in [1.807, 2.05) is 4.72 Å². The van der Waals surface area contributed by atoms with E-state index in [0.717, 1.165) is 11.3 Å². The molecule has 102 valence electrons. The van der Waals surface area contributed by atoms with Gasteiger partial charge >= 0.3 is 0 Å². The molecule has 0 aliphatic rings. The number of nitrogens with zero attached hydrogens (tertiary/aromatic N) is 1. The second-order valence-corrected chi connectivity index (χ2v) is 7.30. The fourth-order valence-electron chi connectivity index (χ4n) is 1.25. The SMILES string of the molecule is O=S(=O)(Nc1ncc(Br)s1)c1c(F)cc(F)cc1F. The summed E-state index contributed by atoms with van der Waals surface area (Å²) < 4.78 is 65.5. The molecule has 1 N–H and O–H groups in total. The summed E-state index contributed by atoms with van der Waals surface area (Å²) in [4.78, 5) is 2.42. The van der Waals surface area contributed by atoms with Crippen LogP contribution >= 0.6 is 27.3 Å². The first-order valence-electron chi connectivity index (χ1n) is 4.58. The number of hydrogen-bond donors (Lipinski definition) is 1. The van der Waals surface area contributed by atoms with Crippen molar-refractivity contribution >= 4 is 42.4 Å². The molecule has 0 amide bonds. The molecule has 4 nitrogen and oxygen atoms in total. The fourth-order valence-corrected chi connectivity index (χ4v) is 3.72. The summed E-state index contributed by atoms with van der Waals surface area (Å²) in [5.41, 5.74) is 0. The number of rotatable bonds is 3. The zero-order valence-corrected chi connectivity index (χ0v) is 12.0. The summed E-state index contributed by atoms with van der Waals surface area (Å²) in [5.74, 6) is -4.23. The van der Waals surface area contributed by atoms with E-state index in [1.165, 1.54) is 6.20 Å². The predicted molar refractivity (Wildman–Crippen MR) is 66.9 cm³/mol. The molecule has 1 aromatic heterocycles. The molecule has 0 fully saturated rings. The van der Waals surface area contributed by atoms with Gasteiger partial charge in [-0.2, -0.15) is 0 Å². The average Bonchev–Trinajstić information content (AvgIpc) is 2.60. The monoisotopic (exact) mass is 372 g/mol. The molecule has 0 atom stereocenters. The van der Waals surface area contributed by atoms with Gasteiger partial charge in [-0.25, -0.2) is 26.6 Å². The van der Waals surface area contributed by atoms with Crippen LogP contribution in [0.3, 0.4) is 0 Å². The highest BCUT2D eigenvalue weighted by Crippen LogP contribution is 2.27. The van der Waals surface area contributed by atoms with E-state index in [9.17, 15) is 21.6 Å². The van der Waals surface area contributed by atoms with Gasteiger partial charge in [0.1, 0.15) is 17.5 Å². The van der Waals surface area contributed by atoms with Gasteiger partial charge in [-0.05, 0) is 15.9 Å². The van der Waals surface area contributed by atoms with Gasteiger partial charge in [-0.15, -0.1) is 0 Å². The van der Waals surface area contributed by atoms with E-state index < -0.39 is 32.4 Å². The molecule has 10 heteroatoms. The van der Waals surface area contributed by atoms with Crippen molar-refractivity contribution in [1.82, 2.24) is 4.98 Å². The highest BCUT2D eigenvalue weighted by atomic mass is 79.9. The smallest absolute Gasteiger partial charge is 0.254 e.